The topological polar surface area (TPSA) is 66.6 Å². The Balaban J connectivity index is 3.17. The lowest BCUT2D eigenvalue weighted by atomic mass is 10.2. The standard InChI is InChI=1S/C7H16N2O2/c1-7(10)9(11)6-4-2-3-5-8/h11H,2-6,8H2,1H3. The Morgan fingerprint density at radius 2 is 2.09 bits per heavy atom. The van der Waals surface area contributed by atoms with E-state index in [1.807, 2.05) is 0 Å². The maximum atomic E-state index is 10.5. The molecule has 0 fully saturated rings. The summed E-state index contributed by atoms with van der Waals surface area (Å²) in [6, 6.07) is 0. The molecule has 0 radical (unpaired) electrons. The summed E-state index contributed by atoms with van der Waals surface area (Å²) in [7, 11) is 0. The van der Waals surface area contributed by atoms with E-state index in [1.165, 1.54) is 6.92 Å². The summed E-state index contributed by atoms with van der Waals surface area (Å²) in [6.07, 6.45) is 2.72. The molecule has 0 atom stereocenters. The molecule has 0 aromatic heterocycles. The van der Waals surface area contributed by atoms with Gasteiger partial charge in [0.25, 0.3) is 0 Å². The Bertz CT molecular complexity index is 117. The van der Waals surface area contributed by atoms with Crippen LogP contribution in [-0.4, -0.2) is 29.3 Å². The molecule has 0 spiro atoms. The van der Waals surface area contributed by atoms with E-state index in [4.69, 9.17) is 10.9 Å². The molecular formula is C7H16N2O2. The predicted molar refractivity (Wildman–Crippen MR) is 42.1 cm³/mol. The van der Waals surface area contributed by atoms with Gasteiger partial charge >= 0.3 is 0 Å². The van der Waals surface area contributed by atoms with Gasteiger partial charge < -0.3 is 5.73 Å². The minimum Gasteiger partial charge on any atom is -0.330 e. The smallest absolute Gasteiger partial charge is 0.242 e. The lowest BCUT2D eigenvalue weighted by Crippen LogP contribution is -2.25. The quantitative estimate of drug-likeness (QED) is 0.346. The van der Waals surface area contributed by atoms with Crippen LogP contribution in [0.5, 0.6) is 0 Å². The van der Waals surface area contributed by atoms with Crippen LogP contribution in [0, 0.1) is 0 Å². The van der Waals surface area contributed by atoms with Crippen molar-refractivity contribution in [2.45, 2.75) is 26.2 Å². The van der Waals surface area contributed by atoms with Gasteiger partial charge in [-0.2, -0.15) is 0 Å². The fourth-order valence-corrected chi connectivity index (χ4v) is 0.740. The number of carbonyl (C=O) groups excluding carboxylic acids is 1. The zero-order valence-electron chi connectivity index (χ0n) is 6.92. The summed E-state index contributed by atoms with van der Waals surface area (Å²) in [5.41, 5.74) is 5.26. The molecule has 0 unspecified atom stereocenters. The highest BCUT2D eigenvalue weighted by molar-refractivity contribution is 5.71. The summed E-state index contributed by atoms with van der Waals surface area (Å²) in [4.78, 5) is 10.5. The Morgan fingerprint density at radius 1 is 1.45 bits per heavy atom. The molecule has 0 saturated carbocycles. The van der Waals surface area contributed by atoms with Gasteiger partial charge in [0.2, 0.25) is 5.91 Å². The van der Waals surface area contributed by atoms with Gasteiger partial charge in [-0.15, -0.1) is 0 Å². The van der Waals surface area contributed by atoms with Gasteiger partial charge in [-0.25, -0.2) is 5.06 Å². The van der Waals surface area contributed by atoms with Crippen molar-refractivity contribution in [3.8, 4) is 0 Å². The van der Waals surface area contributed by atoms with Crippen LogP contribution in [0.15, 0.2) is 0 Å². The first-order chi connectivity index (χ1) is 5.18. The third-order valence-electron chi connectivity index (χ3n) is 1.44. The van der Waals surface area contributed by atoms with Crippen molar-refractivity contribution >= 4 is 5.91 Å². The molecule has 0 aromatic rings. The van der Waals surface area contributed by atoms with E-state index in [2.05, 4.69) is 0 Å². The van der Waals surface area contributed by atoms with Crippen LogP contribution in [0.2, 0.25) is 0 Å². The van der Waals surface area contributed by atoms with Crippen molar-refractivity contribution in [2.75, 3.05) is 13.1 Å². The minimum absolute atomic E-state index is 0.308. The van der Waals surface area contributed by atoms with Crippen molar-refractivity contribution in [2.24, 2.45) is 5.73 Å². The second kappa shape index (κ2) is 6.12. The molecule has 0 aliphatic heterocycles. The Hall–Kier alpha value is -0.610. The van der Waals surface area contributed by atoms with Gasteiger partial charge in [0, 0.05) is 13.5 Å². The van der Waals surface area contributed by atoms with E-state index >= 15 is 0 Å². The number of hydroxylamine groups is 2. The number of amides is 1. The van der Waals surface area contributed by atoms with Crippen LogP contribution in [0.3, 0.4) is 0 Å². The molecule has 0 aromatic carbocycles. The summed E-state index contributed by atoms with van der Waals surface area (Å²) in [5.74, 6) is -0.308. The van der Waals surface area contributed by atoms with Gasteiger partial charge in [0.1, 0.15) is 0 Å². The molecule has 0 aliphatic carbocycles. The average Bonchev–Trinajstić information content (AvgIpc) is 1.97. The molecular weight excluding hydrogens is 144 g/mol. The first-order valence-electron chi connectivity index (χ1n) is 3.85. The third kappa shape index (κ3) is 5.82. The Labute approximate surface area is 66.9 Å². The lowest BCUT2D eigenvalue weighted by Gasteiger charge is -2.11. The monoisotopic (exact) mass is 160 g/mol. The molecule has 0 aliphatic rings. The maximum absolute atomic E-state index is 10.5. The molecule has 3 N–H and O–H groups in total. The van der Waals surface area contributed by atoms with E-state index in [1.54, 1.807) is 0 Å². The minimum atomic E-state index is -0.308. The molecule has 4 nitrogen and oxygen atoms in total. The van der Waals surface area contributed by atoms with Gasteiger partial charge in [0.15, 0.2) is 0 Å². The largest absolute Gasteiger partial charge is 0.330 e. The molecule has 66 valence electrons. The van der Waals surface area contributed by atoms with Gasteiger partial charge in [-0.3, -0.25) is 10.0 Å². The van der Waals surface area contributed by atoms with E-state index in [0.29, 0.717) is 13.1 Å². The number of nitrogens with zero attached hydrogens (tertiary/aromatic N) is 1. The number of carbonyl (C=O) groups is 1. The number of nitrogens with two attached hydrogens (primary N) is 1. The molecule has 4 heteroatoms. The SMILES string of the molecule is CC(=O)N(O)CCCCCN. The maximum Gasteiger partial charge on any atom is 0.242 e. The number of hydrogen-bond acceptors (Lipinski definition) is 3. The summed E-state index contributed by atoms with van der Waals surface area (Å²) >= 11 is 0. The van der Waals surface area contributed by atoms with Crippen molar-refractivity contribution in [3.05, 3.63) is 0 Å². The normalized spacial score (nSPS) is 9.73. The van der Waals surface area contributed by atoms with Crippen molar-refractivity contribution in [3.63, 3.8) is 0 Å². The fraction of sp³-hybridized carbons (Fsp3) is 0.857. The van der Waals surface area contributed by atoms with Gasteiger partial charge in [0.05, 0.1) is 0 Å². The van der Waals surface area contributed by atoms with E-state index < -0.39 is 0 Å². The van der Waals surface area contributed by atoms with Crippen LogP contribution in [-0.2, 0) is 4.79 Å². The highest BCUT2D eigenvalue weighted by atomic mass is 16.5. The number of rotatable bonds is 5. The average molecular weight is 160 g/mol. The van der Waals surface area contributed by atoms with Crippen LogP contribution in [0.1, 0.15) is 26.2 Å². The summed E-state index contributed by atoms with van der Waals surface area (Å²) in [6.45, 7) is 2.42. The van der Waals surface area contributed by atoms with Crippen LogP contribution in [0.4, 0.5) is 0 Å². The van der Waals surface area contributed by atoms with Crippen LogP contribution in [0.25, 0.3) is 0 Å². The fourth-order valence-electron chi connectivity index (χ4n) is 0.740. The van der Waals surface area contributed by atoms with Gasteiger partial charge in [-0.1, -0.05) is 6.42 Å². The first kappa shape index (κ1) is 10.4. The summed E-state index contributed by atoms with van der Waals surface area (Å²) < 4.78 is 0. The van der Waals surface area contributed by atoms with Crippen LogP contribution >= 0.6 is 0 Å². The number of hydrogen-bond donors (Lipinski definition) is 2. The predicted octanol–water partition coefficient (Wildman–Crippen LogP) is 0.353. The molecule has 0 saturated heterocycles. The van der Waals surface area contributed by atoms with E-state index in [9.17, 15) is 4.79 Å². The zero-order chi connectivity index (χ0) is 8.69. The lowest BCUT2D eigenvalue weighted by molar-refractivity contribution is -0.162. The highest BCUT2D eigenvalue weighted by Crippen LogP contribution is 1.95. The van der Waals surface area contributed by atoms with Crippen molar-refractivity contribution in [1.82, 2.24) is 5.06 Å². The molecule has 11 heavy (non-hydrogen) atoms. The second-order valence-corrected chi connectivity index (χ2v) is 2.49. The summed E-state index contributed by atoms with van der Waals surface area (Å²) in [5, 5.41) is 9.61. The van der Waals surface area contributed by atoms with Crippen LogP contribution < -0.4 is 5.73 Å². The van der Waals surface area contributed by atoms with E-state index in [-0.39, 0.29) is 5.91 Å². The second-order valence-electron chi connectivity index (χ2n) is 2.49. The molecule has 0 bridgehead atoms. The van der Waals surface area contributed by atoms with E-state index in [0.717, 1.165) is 24.3 Å². The Morgan fingerprint density at radius 3 is 2.55 bits per heavy atom. The van der Waals surface area contributed by atoms with Crippen molar-refractivity contribution < 1.29 is 10.0 Å². The number of unbranched alkanes of at least 4 members (excludes halogenated alkanes) is 2. The molecule has 0 heterocycles. The highest BCUT2D eigenvalue weighted by Gasteiger charge is 2.01. The van der Waals surface area contributed by atoms with Crippen molar-refractivity contribution in [1.29, 1.82) is 0 Å². The Kier molecular flexibility index (Phi) is 5.78. The third-order valence-corrected chi connectivity index (χ3v) is 1.44. The molecule has 0 rings (SSSR count). The molecule has 1 amide bonds. The zero-order valence-corrected chi connectivity index (χ0v) is 6.92. The first-order valence-corrected chi connectivity index (χ1v) is 3.85. The van der Waals surface area contributed by atoms with Gasteiger partial charge in [-0.05, 0) is 19.4 Å².